The second-order valence-corrected chi connectivity index (χ2v) is 17.2. The summed E-state index contributed by atoms with van der Waals surface area (Å²) in [6.45, 7) is 0. The molecular formula is C64H41NO. The Morgan fingerprint density at radius 1 is 0.273 bits per heavy atom. The monoisotopic (exact) mass is 839 g/mol. The van der Waals surface area contributed by atoms with Crippen molar-refractivity contribution in [2.75, 3.05) is 4.90 Å². The second kappa shape index (κ2) is 15.5. The molecule has 308 valence electrons. The molecule has 0 bridgehead atoms. The Labute approximate surface area is 382 Å². The maximum absolute atomic E-state index is 6.59. The van der Waals surface area contributed by atoms with Gasteiger partial charge in [0.1, 0.15) is 11.2 Å². The summed E-state index contributed by atoms with van der Waals surface area (Å²) in [4.78, 5) is 2.43. The third-order valence-corrected chi connectivity index (χ3v) is 13.4. The largest absolute Gasteiger partial charge is 0.455 e. The number of fused-ring (bicyclic) bond motifs is 9. The second-order valence-electron chi connectivity index (χ2n) is 17.2. The fourth-order valence-corrected chi connectivity index (χ4v) is 10.4. The van der Waals surface area contributed by atoms with E-state index in [0.717, 1.165) is 61.3 Å². The van der Waals surface area contributed by atoms with Crippen molar-refractivity contribution in [1.82, 2.24) is 0 Å². The van der Waals surface area contributed by atoms with E-state index in [0.29, 0.717) is 0 Å². The number of benzene rings is 12. The van der Waals surface area contributed by atoms with Gasteiger partial charge in [-0.25, -0.2) is 0 Å². The molecule has 0 unspecified atom stereocenters. The van der Waals surface area contributed by atoms with Crippen molar-refractivity contribution in [3.05, 3.63) is 249 Å². The zero-order valence-corrected chi connectivity index (χ0v) is 36.0. The van der Waals surface area contributed by atoms with Gasteiger partial charge in [-0.3, -0.25) is 0 Å². The van der Waals surface area contributed by atoms with E-state index in [2.05, 4.69) is 248 Å². The highest BCUT2D eigenvalue weighted by molar-refractivity contribution is 6.22. The average Bonchev–Trinajstić information content (AvgIpc) is 3.78. The van der Waals surface area contributed by atoms with E-state index in [1.807, 2.05) is 6.07 Å². The summed E-state index contributed by atoms with van der Waals surface area (Å²) in [7, 11) is 0. The molecule has 13 rings (SSSR count). The Kier molecular flexibility index (Phi) is 8.89. The van der Waals surface area contributed by atoms with Gasteiger partial charge in [-0.05, 0) is 119 Å². The van der Waals surface area contributed by atoms with E-state index in [1.165, 1.54) is 65.3 Å². The molecule has 0 fully saturated rings. The lowest BCUT2D eigenvalue weighted by molar-refractivity contribution is 0.670. The molecule has 66 heavy (non-hydrogen) atoms. The lowest BCUT2D eigenvalue weighted by Crippen LogP contribution is -2.11. The maximum atomic E-state index is 6.59. The van der Waals surface area contributed by atoms with Crippen LogP contribution in [-0.2, 0) is 0 Å². The summed E-state index contributed by atoms with van der Waals surface area (Å²) in [6.07, 6.45) is 0. The lowest BCUT2D eigenvalue weighted by atomic mass is 9.84. The van der Waals surface area contributed by atoms with E-state index in [-0.39, 0.29) is 0 Å². The molecule has 12 aromatic carbocycles. The minimum absolute atomic E-state index is 0.894. The van der Waals surface area contributed by atoms with E-state index in [9.17, 15) is 0 Å². The van der Waals surface area contributed by atoms with Crippen LogP contribution in [0.2, 0.25) is 0 Å². The van der Waals surface area contributed by atoms with Gasteiger partial charge >= 0.3 is 0 Å². The molecule has 1 heterocycles. The van der Waals surface area contributed by atoms with Crippen LogP contribution in [0.25, 0.3) is 110 Å². The van der Waals surface area contributed by atoms with Crippen LogP contribution in [0.5, 0.6) is 0 Å². The zero-order chi connectivity index (χ0) is 43.6. The minimum atomic E-state index is 0.894. The lowest BCUT2D eigenvalue weighted by Gasteiger charge is -2.29. The number of hydrogen-bond donors (Lipinski definition) is 0. The van der Waals surface area contributed by atoms with Gasteiger partial charge in [0.25, 0.3) is 0 Å². The molecule has 0 amide bonds. The van der Waals surface area contributed by atoms with Crippen molar-refractivity contribution in [2.24, 2.45) is 0 Å². The molecule has 1 aromatic heterocycles. The van der Waals surface area contributed by atoms with E-state index >= 15 is 0 Å². The molecule has 0 aliphatic heterocycles. The van der Waals surface area contributed by atoms with Gasteiger partial charge in [-0.2, -0.15) is 0 Å². The van der Waals surface area contributed by atoms with Crippen LogP contribution < -0.4 is 4.90 Å². The Morgan fingerprint density at radius 2 is 0.818 bits per heavy atom. The molecule has 13 aromatic rings. The quantitative estimate of drug-likeness (QED) is 0.149. The van der Waals surface area contributed by atoms with Gasteiger partial charge in [-0.1, -0.05) is 206 Å². The predicted octanol–water partition coefficient (Wildman–Crippen LogP) is 18.3. The van der Waals surface area contributed by atoms with Crippen LogP contribution in [0.4, 0.5) is 17.1 Å². The van der Waals surface area contributed by atoms with Crippen LogP contribution in [-0.4, -0.2) is 0 Å². The normalized spacial score (nSPS) is 11.6. The third-order valence-electron chi connectivity index (χ3n) is 13.4. The summed E-state index contributed by atoms with van der Waals surface area (Å²) < 4.78 is 6.59. The smallest absolute Gasteiger partial charge is 0.143 e. The summed E-state index contributed by atoms with van der Waals surface area (Å²) in [6, 6.07) is 90.4. The van der Waals surface area contributed by atoms with Gasteiger partial charge in [0, 0.05) is 33.3 Å². The minimum Gasteiger partial charge on any atom is -0.455 e. The molecule has 0 spiro atoms. The van der Waals surface area contributed by atoms with Gasteiger partial charge in [0.15, 0.2) is 0 Å². The van der Waals surface area contributed by atoms with Crippen molar-refractivity contribution < 1.29 is 4.42 Å². The van der Waals surface area contributed by atoms with E-state index in [1.54, 1.807) is 0 Å². The Morgan fingerprint density at radius 3 is 1.65 bits per heavy atom. The highest BCUT2D eigenvalue weighted by Crippen LogP contribution is 2.48. The van der Waals surface area contributed by atoms with Gasteiger partial charge < -0.3 is 9.32 Å². The summed E-state index contributed by atoms with van der Waals surface area (Å²) in [5.41, 5.74) is 14.3. The van der Waals surface area contributed by atoms with Crippen molar-refractivity contribution in [2.45, 2.75) is 0 Å². The molecule has 2 heteroatoms. The fourth-order valence-electron chi connectivity index (χ4n) is 10.4. The first-order valence-corrected chi connectivity index (χ1v) is 22.7. The van der Waals surface area contributed by atoms with Crippen LogP contribution in [0.1, 0.15) is 0 Å². The van der Waals surface area contributed by atoms with Crippen LogP contribution in [0.3, 0.4) is 0 Å². The Hall–Kier alpha value is -8.72. The molecule has 0 aliphatic carbocycles. The number of furan rings is 1. The summed E-state index contributed by atoms with van der Waals surface area (Å²) >= 11 is 0. The van der Waals surface area contributed by atoms with E-state index in [4.69, 9.17) is 4.42 Å². The highest BCUT2D eigenvalue weighted by atomic mass is 16.3. The number of rotatable bonds is 7. The predicted molar refractivity (Wildman–Crippen MR) is 280 cm³/mol. The molecule has 0 aliphatic rings. The first-order valence-electron chi connectivity index (χ1n) is 22.7. The van der Waals surface area contributed by atoms with Crippen LogP contribution in [0.15, 0.2) is 253 Å². The molecule has 0 radical (unpaired) electrons. The molecule has 0 saturated heterocycles. The molecule has 2 nitrogen and oxygen atoms in total. The van der Waals surface area contributed by atoms with Crippen molar-refractivity contribution in [1.29, 1.82) is 0 Å². The molecule has 0 atom stereocenters. The van der Waals surface area contributed by atoms with Crippen LogP contribution in [0, 0.1) is 0 Å². The maximum Gasteiger partial charge on any atom is 0.143 e. The van der Waals surface area contributed by atoms with Gasteiger partial charge in [-0.15, -0.1) is 0 Å². The molecule has 0 N–H and O–H groups in total. The number of para-hydroxylation sites is 3. The van der Waals surface area contributed by atoms with E-state index < -0.39 is 0 Å². The average molecular weight is 840 g/mol. The van der Waals surface area contributed by atoms with Crippen molar-refractivity contribution in [3.63, 3.8) is 0 Å². The molecular weight excluding hydrogens is 799 g/mol. The highest BCUT2D eigenvalue weighted by Gasteiger charge is 2.22. The number of nitrogens with zero attached hydrogens (tertiary/aromatic N) is 1. The van der Waals surface area contributed by atoms with Gasteiger partial charge in [0.05, 0.1) is 5.69 Å². The SMILES string of the molecule is c1ccc(-c2c(-c3ccccc3)c3cc(-c4ccccc4N(c4cccc(-c5cccc6c5oc5ccccc56)c4)c4ccc5c(ccc6ccccc65)c4)ccc3c3ccccc23)cc1. The number of hydrogen-bond acceptors (Lipinski definition) is 2. The van der Waals surface area contributed by atoms with Crippen molar-refractivity contribution in [3.8, 4) is 44.5 Å². The molecule has 0 saturated carbocycles. The first-order chi connectivity index (χ1) is 32.7. The third kappa shape index (κ3) is 6.18. The summed E-state index contributed by atoms with van der Waals surface area (Å²) in [5.74, 6) is 0. The topological polar surface area (TPSA) is 16.4 Å². The first kappa shape index (κ1) is 37.8. The zero-order valence-electron chi connectivity index (χ0n) is 36.0. The Bertz CT molecular complexity index is 4000. The Balaban J connectivity index is 1.05. The van der Waals surface area contributed by atoms with Crippen LogP contribution >= 0.6 is 0 Å². The van der Waals surface area contributed by atoms with Gasteiger partial charge in [0.2, 0.25) is 0 Å². The fraction of sp³-hybridized carbons (Fsp3) is 0. The summed E-state index contributed by atoms with van der Waals surface area (Å²) in [5, 5.41) is 12.1. The number of anilines is 3. The van der Waals surface area contributed by atoms with Crippen molar-refractivity contribution >= 4 is 82.1 Å². The standard InChI is InChI=1S/C64H41NO/c1-3-18-43(19-4-1)62-57-28-10-9-26-54(57)55-37-35-47(41-59(55)63(62)44-20-5-2-6-21-44)52-25-11-13-31-60(52)65(49-36-38-51-46(40-49)34-33-42-17-7-8-24-50(42)51)48-23-15-22-45(39-48)53-29-16-30-58-56-27-12-14-32-61(56)66-64(53)58/h1-41H.